The molecular formula is C77H95O22S3+. The molecule has 4 heterocycles. The fourth-order valence-electron chi connectivity index (χ4n) is 12.9. The third-order valence-electron chi connectivity index (χ3n) is 18.5. The maximum Gasteiger partial charge on any atom is 0.400 e. The zero-order chi connectivity index (χ0) is 72.2. The molecular weight excluding hydrogens is 1370 g/mol. The van der Waals surface area contributed by atoms with Crippen LogP contribution in [-0.4, -0.2) is 148 Å². The Balaban J connectivity index is 0.000000234. The highest BCUT2D eigenvalue weighted by molar-refractivity contribution is 7.97. The minimum absolute atomic E-state index is 0.0110. The number of rotatable bonds is 32. The lowest BCUT2D eigenvalue weighted by molar-refractivity contribution is -0.300. The van der Waals surface area contributed by atoms with E-state index in [0.717, 1.165) is 68.4 Å². The highest BCUT2D eigenvalue weighted by Gasteiger charge is 2.53. The van der Waals surface area contributed by atoms with E-state index in [1.165, 1.54) is 0 Å². The first-order chi connectivity index (χ1) is 49.3. The van der Waals surface area contributed by atoms with Gasteiger partial charge in [-0.3, -0.25) is 4.55 Å². The molecule has 552 valence electrons. The number of hydrogen-bond donors (Lipinski definition) is 1. The SMILES string of the molecule is CC[C@@H]1[C@@H](C)[C@H](OCc2ccc(OC)cc2)C[S+]1C[C@@H](C)C(OS(=O)(=O)O)[C@H](OCc1ccc(OC)cc1)[C@@H]1OC(c2ccccc2)OC[C@@H]1OCc1ccc(OC)cc1.COc1ccc(CO[C@@H]([C@@H]2OS(=O)(=O)OC[C@H]2C)[C@@H]2OC(c3ccccc3)OC[C@@H]2OCc2ccc(OC)cc2)cc1. The van der Waals surface area contributed by atoms with E-state index in [0.29, 0.717) is 29.1 Å². The number of ether oxygens (including phenoxy) is 14. The van der Waals surface area contributed by atoms with Crippen molar-refractivity contribution in [2.24, 2.45) is 17.8 Å². The molecule has 4 fully saturated rings. The highest BCUT2D eigenvalue weighted by atomic mass is 32.3. The van der Waals surface area contributed by atoms with Crippen LogP contribution >= 0.6 is 0 Å². The van der Waals surface area contributed by atoms with E-state index in [9.17, 15) is 21.4 Å². The molecule has 0 radical (unpaired) electrons. The molecule has 22 nitrogen and oxygen atoms in total. The van der Waals surface area contributed by atoms with E-state index in [1.54, 1.807) is 35.5 Å². The van der Waals surface area contributed by atoms with Gasteiger partial charge in [0, 0.05) is 28.9 Å². The van der Waals surface area contributed by atoms with Gasteiger partial charge in [-0.05, 0) is 106 Å². The molecule has 4 aliphatic rings. The summed E-state index contributed by atoms with van der Waals surface area (Å²) in [5, 5.41) is 0.334. The molecule has 16 atom stereocenters. The zero-order valence-electron chi connectivity index (χ0n) is 59.0. The van der Waals surface area contributed by atoms with Crippen molar-refractivity contribution in [3.8, 4) is 28.7 Å². The largest absolute Gasteiger partial charge is 0.497 e. The summed E-state index contributed by atoms with van der Waals surface area (Å²) in [6.07, 6.45) is -7.52. The first kappa shape index (κ1) is 77.9. The molecule has 4 unspecified atom stereocenters. The number of methoxy groups -OCH3 is 5. The van der Waals surface area contributed by atoms with Gasteiger partial charge in [0.15, 0.2) is 12.6 Å². The van der Waals surface area contributed by atoms with Crippen LogP contribution in [0.5, 0.6) is 28.7 Å². The molecule has 0 spiro atoms. The van der Waals surface area contributed by atoms with E-state index in [4.69, 9.17) is 78.9 Å². The first-order valence-electron chi connectivity index (χ1n) is 34.1. The molecule has 0 saturated carbocycles. The van der Waals surface area contributed by atoms with Gasteiger partial charge >= 0.3 is 20.8 Å². The lowest BCUT2D eigenvalue weighted by atomic mass is 9.93. The van der Waals surface area contributed by atoms with Gasteiger partial charge in [0.2, 0.25) is 0 Å². The molecule has 25 heteroatoms. The monoisotopic (exact) mass is 1470 g/mol. The van der Waals surface area contributed by atoms with Crippen molar-refractivity contribution < 1.29 is 100 Å². The molecule has 4 aliphatic heterocycles. The minimum atomic E-state index is -4.97. The predicted octanol–water partition coefficient (Wildman–Crippen LogP) is 12.3. The van der Waals surface area contributed by atoms with Crippen LogP contribution in [0.1, 0.15) is 85.6 Å². The summed E-state index contributed by atoms with van der Waals surface area (Å²) in [6, 6.07) is 56.9. The van der Waals surface area contributed by atoms with E-state index in [2.05, 4.69) is 13.8 Å². The van der Waals surface area contributed by atoms with Crippen molar-refractivity contribution >= 4 is 31.7 Å². The van der Waals surface area contributed by atoms with Crippen LogP contribution in [-0.2, 0) is 120 Å². The van der Waals surface area contributed by atoms with Crippen LogP contribution in [0.15, 0.2) is 182 Å². The summed E-state index contributed by atoms with van der Waals surface area (Å²) >= 11 is 0. The maximum atomic E-state index is 12.9. The summed E-state index contributed by atoms with van der Waals surface area (Å²) in [6.45, 7) is 9.68. The lowest BCUT2D eigenvalue weighted by Crippen LogP contribution is -2.57. The normalized spacial score (nSPS) is 25.4. The van der Waals surface area contributed by atoms with E-state index >= 15 is 0 Å². The van der Waals surface area contributed by atoms with E-state index in [1.807, 2.05) is 196 Å². The molecule has 0 bridgehead atoms. The number of hydrogen-bond acceptors (Lipinski definition) is 21. The average molecular weight is 1470 g/mol. The van der Waals surface area contributed by atoms with Gasteiger partial charge in [0.05, 0.1) is 88.4 Å². The van der Waals surface area contributed by atoms with E-state index in [-0.39, 0.29) is 75.1 Å². The van der Waals surface area contributed by atoms with E-state index < -0.39 is 88.1 Å². The van der Waals surface area contributed by atoms with Gasteiger partial charge in [0.25, 0.3) is 0 Å². The van der Waals surface area contributed by atoms with Crippen LogP contribution in [0.3, 0.4) is 0 Å². The molecule has 0 aliphatic carbocycles. The Morgan fingerprint density at radius 2 is 0.902 bits per heavy atom. The van der Waals surface area contributed by atoms with Crippen molar-refractivity contribution in [1.82, 2.24) is 0 Å². The van der Waals surface area contributed by atoms with Gasteiger partial charge in [-0.2, -0.15) is 16.8 Å². The summed E-state index contributed by atoms with van der Waals surface area (Å²) in [5.74, 6) is 4.59. The lowest BCUT2D eigenvalue weighted by Gasteiger charge is -2.44. The second kappa shape index (κ2) is 37.8. The van der Waals surface area contributed by atoms with Crippen LogP contribution in [0.2, 0.25) is 0 Å². The minimum Gasteiger partial charge on any atom is -0.497 e. The van der Waals surface area contributed by atoms with Crippen molar-refractivity contribution in [2.45, 2.75) is 140 Å². The second-order valence-corrected chi connectivity index (χ2v) is 30.2. The zero-order valence-corrected chi connectivity index (χ0v) is 61.5. The molecule has 7 aromatic carbocycles. The smallest absolute Gasteiger partial charge is 0.400 e. The standard InChI is InChI=1S/C46H58O12S2.C31H36O10S/c1-7-42-32(3)41(54-26-34-15-21-38(51-5)22-16-34)30-59(42)29-31(2)43(58-60(47,48)49)45(55-27-35-17-23-39(52-6)24-18-35)44-40(53-25-33-13-19-37(50-4)20-14-33)28-56-46(57-44)36-11-9-8-10-12-36;1-21-17-39-42(32,33)41-28(21)30(37-19-23-11-15-26(35-3)16-12-23)29-27(36-18-22-9-13-25(34-2)14-10-22)20-38-31(40-29)24-7-5-4-6-8-24/h8-24,31-32,40-46H,7,25-30H2,1-6H3;4-16,21,27-31H,17-20H2,1-3H3/p+1/t31-,32+,40+,41-,42-,43?,44-,45+,46?,59?;21-,27+,28-,29-,30+,31?/m11/s1. The van der Waals surface area contributed by atoms with Gasteiger partial charge in [-0.1, -0.05) is 149 Å². The Kier molecular flexibility index (Phi) is 28.9. The summed E-state index contributed by atoms with van der Waals surface area (Å²) < 4.78 is 162. The van der Waals surface area contributed by atoms with Crippen molar-refractivity contribution in [3.05, 3.63) is 221 Å². The van der Waals surface area contributed by atoms with Crippen molar-refractivity contribution in [2.75, 3.05) is 66.9 Å². The van der Waals surface area contributed by atoms with Crippen molar-refractivity contribution in [1.29, 1.82) is 0 Å². The Hall–Kier alpha value is -6.73. The third-order valence-corrected chi connectivity index (χ3v) is 23.2. The topological polar surface area (TPSA) is 245 Å². The molecule has 11 rings (SSSR count). The Bertz CT molecular complexity index is 3840. The first-order valence-corrected chi connectivity index (χ1v) is 38.4. The Labute approximate surface area is 602 Å². The molecule has 7 aromatic rings. The quantitative estimate of drug-likeness (QED) is 0.0304. The van der Waals surface area contributed by atoms with Crippen molar-refractivity contribution in [3.63, 3.8) is 0 Å². The summed E-state index contributed by atoms with van der Waals surface area (Å²) in [5.41, 5.74) is 6.15. The predicted molar refractivity (Wildman–Crippen MR) is 383 cm³/mol. The Morgan fingerprint density at radius 3 is 1.31 bits per heavy atom. The molecule has 4 saturated heterocycles. The molecule has 0 aromatic heterocycles. The van der Waals surface area contributed by atoms with Gasteiger partial charge in [0.1, 0.15) is 100 Å². The van der Waals surface area contributed by atoms with Crippen LogP contribution in [0.25, 0.3) is 0 Å². The second-order valence-electron chi connectivity index (χ2n) is 25.6. The fraction of sp³-hybridized carbons (Fsp3) is 0.455. The summed E-state index contributed by atoms with van der Waals surface area (Å²) in [4.78, 5) is 0. The maximum absolute atomic E-state index is 12.9. The van der Waals surface area contributed by atoms with Crippen LogP contribution in [0.4, 0.5) is 0 Å². The number of benzene rings is 7. The highest BCUT2D eigenvalue weighted by Crippen LogP contribution is 2.40. The van der Waals surface area contributed by atoms with Crippen LogP contribution in [0, 0.1) is 17.8 Å². The molecule has 1 N–H and O–H groups in total. The van der Waals surface area contributed by atoms with Gasteiger partial charge in [-0.25, -0.2) is 12.5 Å². The van der Waals surface area contributed by atoms with Crippen LogP contribution < -0.4 is 23.7 Å². The fourth-order valence-corrected chi connectivity index (χ4v) is 18.0. The molecule has 102 heavy (non-hydrogen) atoms. The van der Waals surface area contributed by atoms with Gasteiger partial charge < -0.3 is 66.3 Å². The molecule has 0 amide bonds. The summed E-state index contributed by atoms with van der Waals surface area (Å²) in [7, 11) is -1.31. The third kappa shape index (κ3) is 21.9. The van der Waals surface area contributed by atoms with Gasteiger partial charge in [-0.15, -0.1) is 0 Å². The average Bonchev–Trinajstić information content (AvgIpc) is 0.924. The Morgan fingerprint density at radius 1 is 0.510 bits per heavy atom.